The van der Waals surface area contributed by atoms with Crippen LogP contribution in [0.4, 0.5) is 0 Å². The van der Waals surface area contributed by atoms with Crippen molar-refractivity contribution in [2.24, 2.45) is 5.18 Å². The molecule has 0 aromatic heterocycles. The maximum atomic E-state index is 9.68. The van der Waals surface area contributed by atoms with Gasteiger partial charge in [-0.05, 0) is 26.4 Å². The van der Waals surface area contributed by atoms with Gasteiger partial charge < -0.3 is 5.32 Å². The molecule has 0 aliphatic heterocycles. The lowest BCUT2D eigenvalue weighted by atomic mass is 10.1. The second-order valence-electron chi connectivity index (χ2n) is 2.72. The molecule has 0 saturated heterocycles. The third-order valence-electron chi connectivity index (χ3n) is 1.68. The molecule has 0 aromatic carbocycles. The van der Waals surface area contributed by atoms with Crippen molar-refractivity contribution in [1.29, 1.82) is 0 Å². The number of hydrogen-bond acceptors (Lipinski definition) is 3. The molecule has 0 spiro atoms. The highest BCUT2D eigenvalue weighted by Crippen LogP contribution is 2.01. The summed E-state index contributed by atoms with van der Waals surface area (Å²) in [6, 6.07) is 0. The van der Waals surface area contributed by atoms with Gasteiger partial charge in [-0.25, -0.2) is 0 Å². The van der Waals surface area contributed by atoms with E-state index in [0.717, 1.165) is 19.4 Å². The van der Waals surface area contributed by atoms with E-state index in [9.17, 15) is 4.91 Å². The number of hydrogen-bond donors (Lipinski definition) is 1. The molecule has 0 amide bonds. The largest absolute Gasteiger partial charge is 0.320 e. The van der Waals surface area contributed by atoms with Crippen LogP contribution in [0.2, 0.25) is 0 Å². The Balaban J connectivity index is 2.74. The van der Waals surface area contributed by atoms with Crippen molar-refractivity contribution in [1.82, 2.24) is 5.32 Å². The van der Waals surface area contributed by atoms with Gasteiger partial charge in [-0.3, -0.25) is 0 Å². The van der Waals surface area contributed by atoms with Gasteiger partial charge in [0.15, 0.2) is 0 Å². The van der Waals surface area contributed by atoms with Gasteiger partial charge in [0, 0.05) is 0 Å². The number of nitrogens with one attached hydrogen (secondary N) is 1. The molecule has 0 heterocycles. The van der Waals surface area contributed by atoms with Crippen molar-refractivity contribution in [3.05, 3.63) is 4.91 Å². The van der Waals surface area contributed by atoms with Crippen LogP contribution >= 0.6 is 0 Å². The van der Waals surface area contributed by atoms with E-state index in [1.165, 1.54) is 19.3 Å². The second-order valence-corrected chi connectivity index (χ2v) is 2.72. The fourth-order valence-corrected chi connectivity index (χ4v) is 1.01. The molecule has 0 aromatic rings. The minimum absolute atomic E-state index is 0.492. The van der Waals surface area contributed by atoms with E-state index in [1.807, 2.05) is 7.05 Å². The molecular formula is C8H18N2O. The van der Waals surface area contributed by atoms with Crippen molar-refractivity contribution >= 4 is 0 Å². The van der Waals surface area contributed by atoms with Gasteiger partial charge in [-0.2, -0.15) is 4.91 Å². The predicted octanol–water partition coefficient (Wildman–Crippen LogP) is 1.92. The number of unbranched alkanes of at least 4 members (excludes halogenated alkanes) is 4. The highest BCUT2D eigenvalue weighted by Gasteiger charge is 1.89. The summed E-state index contributed by atoms with van der Waals surface area (Å²) in [7, 11) is 1.97. The Bertz CT molecular complexity index is 86.2. The number of nitrogens with zero attached hydrogens (tertiary/aromatic N) is 1. The molecule has 0 bridgehead atoms. The lowest BCUT2D eigenvalue weighted by Gasteiger charge is -1.98. The third kappa shape index (κ3) is 9.56. The van der Waals surface area contributed by atoms with E-state index in [-0.39, 0.29) is 0 Å². The monoisotopic (exact) mass is 158 g/mol. The molecular weight excluding hydrogens is 140 g/mol. The quantitative estimate of drug-likeness (QED) is 0.433. The fourth-order valence-electron chi connectivity index (χ4n) is 1.01. The summed E-state index contributed by atoms with van der Waals surface area (Å²) < 4.78 is 0. The van der Waals surface area contributed by atoms with Crippen molar-refractivity contribution in [2.75, 3.05) is 20.1 Å². The first-order valence-corrected chi connectivity index (χ1v) is 4.35. The molecule has 0 aliphatic rings. The second kappa shape index (κ2) is 9.56. The summed E-state index contributed by atoms with van der Waals surface area (Å²) in [6.45, 7) is 1.60. The summed E-state index contributed by atoms with van der Waals surface area (Å²) in [5.74, 6) is 0. The first-order valence-electron chi connectivity index (χ1n) is 4.35. The van der Waals surface area contributed by atoms with Gasteiger partial charge in [0.05, 0.1) is 6.54 Å². The van der Waals surface area contributed by atoms with E-state index < -0.39 is 0 Å². The van der Waals surface area contributed by atoms with E-state index >= 15 is 0 Å². The average Bonchev–Trinajstić information content (AvgIpc) is 2.03. The van der Waals surface area contributed by atoms with Crippen molar-refractivity contribution < 1.29 is 0 Å². The van der Waals surface area contributed by atoms with Gasteiger partial charge in [-0.15, -0.1) is 0 Å². The molecule has 0 radical (unpaired) electrons. The zero-order valence-electron chi connectivity index (χ0n) is 7.31. The third-order valence-corrected chi connectivity index (χ3v) is 1.68. The topological polar surface area (TPSA) is 41.5 Å². The lowest BCUT2D eigenvalue weighted by molar-refractivity contribution is 0.600. The number of nitroso groups, excluding NO2 is 1. The summed E-state index contributed by atoms with van der Waals surface area (Å²) in [4.78, 5) is 9.68. The first kappa shape index (κ1) is 10.6. The Morgan fingerprint density at radius 2 is 1.73 bits per heavy atom. The van der Waals surface area contributed by atoms with Crippen LogP contribution in [0.1, 0.15) is 32.1 Å². The van der Waals surface area contributed by atoms with E-state index in [1.54, 1.807) is 0 Å². The first-order chi connectivity index (χ1) is 5.41. The minimum atomic E-state index is 0.492. The van der Waals surface area contributed by atoms with Crippen LogP contribution in [0.15, 0.2) is 5.18 Å². The Labute approximate surface area is 68.5 Å². The van der Waals surface area contributed by atoms with Crippen LogP contribution in [-0.4, -0.2) is 20.1 Å². The molecule has 1 N–H and O–H groups in total. The summed E-state index contributed by atoms with van der Waals surface area (Å²) in [5, 5.41) is 5.91. The molecule has 0 atom stereocenters. The maximum absolute atomic E-state index is 9.68. The summed E-state index contributed by atoms with van der Waals surface area (Å²) in [6.07, 6.45) is 5.85. The highest BCUT2D eigenvalue weighted by atomic mass is 16.3. The maximum Gasteiger partial charge on any atom is 0.0811 e. The Hall–Kier alpha value is -0.440. The molecule has 0 saturated carbocycles. The van der Waals surface area contributed by atoms with E-state index in [2.05, 4.69) is 10.5 Å². The van der Waals surface area contributed by atoms with Crippen LogP contribution in [0.3, 0.4) is 0 Å². The number of rotatable bonds is 8. The summed E-state index contributed by atoms with van der Waals surface area (Å²) in [5.41, 5.74) is 0. The van der Waals surface area contributed by atoms with Crippen LogP contribution in [-0.2, 0) is 0 Å². The van der Waals surface area contributed by atoms with Crippen molar-refractivity contribution in [3.8, 4) is 0 Å². The molecule has 3 nitrogen and oxygen atoms in total. The average molecular weight is 158 g/mol. The van der Waals surface area contributed by atoms with Gasteiger partial charge in [0.2, 0.25) is 0 Å². The van der Waals surface area contributed by atoms with Crippen LogP contribution in [0.5, 0.6) is 0 Å². The Morgan fingerprint density at radius 1 is 1.09 bits per heavy atom. The van der Waals surface area contributed by atoms with Gasteiger partial charge >= 0.3 is 0 Å². The molecule has 3 heteroatoms. The smallest absolute Gasteiger partial charge is 0.0811 e. The SMILES string of the molecule is CNCCCCCCCN=O. The Kier molecular flexibility index (Phi) is 9.18. The fraction of sp³-hybridized carbons (Fsp3) is 1.00. The Morgan fingerprint density at radius 3 is 2.36 bits per heavy atom. The van der Waals surface area contributed by atoms with Crippen molar-refractivity contribution in [2.45, 2.75) is 32.1 Å². The normalized spacial score (nSPS) is 9.91. The van der Waals surface area contributed by atoms with Crippen molar-refractivity contribution in [3.63, 3.8) is 0 Å². The van der Waals surface area contributed by atoms with Crippen LogP contribution in [0, 0.1) is 4.91 Å². The lowest BCUT2D eigenvalue weighted by Crippen LogP contribution is -2.06. The molecule has 0 rings (SSSR count). The molecule has 0 fully saturated rings. The molecule has 0 aliphatic carbocycles. The zero-order valence-corrected chi connectivity index (χ0v) is 7.31. The van der Waals surface area contributed by atoms with Gasteiger partial charge in [0.1, 0.15) is 0 Å². The summed E-state index contributed by atoms with van der Waals surface area (Å²) >= 11 is 0. The molecule has 66 valence electrons. The predicted molar refractivity (Wildman–Crippen MR) is 47.7 cm³/mol. The standard InChI is InChI=1S/C8H18N2O/c1-9-7-5-3-2-4-6-8-10-11/h9H,2-8H2,1H3. The highest BCUT2D eigenvalue weighted by molar-refractivity contribution is 4.47. The molecule has 0 unspecified atom stereocenters. The van der Waals surface area contributed by atoms with E-state index in [4.69, 9.17) is 0 Å². The van der Waals surface area contributed by atoms with Crippen LogP contribution < -0.4 is 5.32 Å². The zero-order chi connectivity index (χ0) is 8.36. The van der Waals surface area contributed by atoms with E-state index in [0.29, 0.717) is 6.54 Å². The minimum Gasteiger partial charge on any atom is -0.320 e. The van der Waals surface area contributed by atoms with Gasteiger partial charge in [-0.1, -0.05) is 24.4 Å². The van der Waals surface area contributed by atoms with Crippen LogP contribution in [0.25, 0.3) is 0 Å². The molecule has 11 heavy (non-hydrogen) atoms. The van der Waals surface area contributed by atoms with Gasteiger partial charge in [0.25, 0.3) is 0 Å².